The van der Waals surface area contributed by atoms with Crippen LogP contribution in [0, 0.1) is 11.6 Å². The Bertz CT molecular complexity index is 611. The Morgan fingerprint density at radius 3 is 1.67 bits per heavy atom. The van der Waals surface area contributed by atoms with E-state index in [2.05, 4.69) is 0 Å². The molecule has 6 heteroatoms. The van der Waals surface area contributed by atoms with Crippen LogP contribution in [0.15, 0.2) is 48.5 Å². The summed E-state index contributed by atoms with van der Waals surface area (Å²) in [5.41, 5.74) is 6.23. The maximum atomic E-state index is 13.0. The summed E-state index contributed by atoms with van der Waals surface area (Å²) in [5, 5.41) is -0.668. The predicted molar refractivity (Wildman–Crippen MR) is 76.8 cm³/mol. The predicted octanol–water partition coefficient (Wildman–Crippen LogP) is 2.29. The Hall–Kier alpha value is -2.08. The molecule has 0 aliphatic rings. The Morgan fingerprint density at radius 1 is 0.952 bits per heavy atom. The van der Waals surface area contributed by atoms with Crippen LogP contribution in [0.4, 0.5) is 8.78 Å². The standard InChI is InChI=1S/C15H13F2NO2S/c16-12-5-1-10(2-6-12)15(21(20)9-14(18)19)11-3-7-13(17)8-4-11/h1-8,15H,9H2,(H2,18,19)/t21-/m1/s1. The van der Waals surface area contributed by atoms with E-state index in [4.69, 9.17) is 5.73 Å². The van der Waals surface area contributed by atoms with Crippen LogP contribution < -0.4 is 5.73 Å². The Kier molecular flexibility index (Phi) is 4.80. The van der Waals surface area contributed by atoms with E-state index in [1.165, 1.54) is 48.5 Å². The zero-order valence-corrected chi connectivity index (χ0v) is 11.8. The van der Waals surface area contributed by atoms with E-state index in [0.29, 0.717) is 11.1 Å². The number of halogens is 2. The fourth-order valence-corrected chi connectivity index (χ4v) is 3.36. The third-order valence-electron chi connectivity index (χ3n) is 2.89. The van der Waals surface area contributed by atoms with Crippen molar-refractivity contribution in [3.63, 3.8) is 0 Å². The number of primary amides is 1. The zero-order chi connectivity index (χ0) is 15.4. The van der Waals surface area contributed by atoms with E-state index in [-0.39, 0.29) is 5.75 Å². The van der Waals surface area contributed by atoms with E-state index in [1.807, 2.05) is 0 Å². The molecule has 0 saturated heterocycles. The first-order valence-electron chi connectivity index (χ1n) is 6.14. The van der Waals surface area contributed by atoms with E-state index >= 15 is 0 Å². The molecule has 2 rings (SSSR count). The molecule has 2 aromatic rings. The lowest BCUT2D eigenvalue weighted by atomic mass is 10.0. The lowest BCUT2D eigenvalue weighted by Crippen LogP contribution is -2.23. The van der Waals surface area contributed by atoms with Gasteiger partial charge in [-0.3, -0.25) is 9.00 Å². The van der Waals surface area contributed by atoms with Gasteiger partial charge >= 0.3 is 0 Å². The summed E-state index contributed by atoms with van der Waals surface area (Å²) in [6.45, 7) is 0. The Morgan fingerprint density at radius 2 is 1.33 bits per heavy atom. The van der Waals surface area contributed by atoms with Gasteiger partial charge in [-0.05, 0) is 35.4 Å². The van der Waals surface area contributed by atoms with Crippen LogP contribution in [0.25, 0.3) is 0 Å². The molecule has 2 aromatic carbocycles. The monoisotopic (exact) mass is 309 g/mol. The van der Waals surface area contributed by atoms with Crippen LogP contribution in [0.1, 0.15) is 16.4 Å². The first-order chi connectivity index (χ1) is 9.97. The second-order valence-corrected chi connectivity index (χ2v) is 6.00. The number of rotatable bonds is 5. The van der Waals surface area contributed by atoms with Crippen LogP contribution in [0.5, 0.6) is 0 Å². The van der Waals surface area contributed by atoms with Crippen molar-refractivity contribution in [1.29, 1.82) is 0 Å². The fraction of sp³-hybridized carbons (Fsp3) is 0.133. The summed E-state index contributed by atoms with van der Waals surface area (Å²) in [5.74, 6) is -1.85. The third kappa shape index (κ3) is 3.95. The number of hydrogen-bond acceptors (Lipinski definition) is 2. The second kappa shape index (κ2) is 6.58. The number of benzene rings is 2. The summed E-state index contributed by atoms with van der Waals surface area (Å²) in [7, 11) is -1.62. The van der Waals surface area contributed by atoms with Gasteiger partial charge in [0.2, 0.25) is 5.91 Å². The van der Waals surface area contributed by atoms with Crippen molar-refractivity contribution in [2.75, 3.05) is 5.75 Å². The van der Waals surface area contributed by atoms with Crippen molar-refractivity contribution < 1.29 is 17.8 Å². The van der Waals surface area contributed by atoms with Gasteiger partial charge in [0.25, 0.3) is 0 Å². The number of carbonyl (C=O) groups excluding carboxylic acids is 1. The number of amides is 1. The van der Waals surface area contributed by atoms with Crippen LogP contribution in [-0.4, -0.2) is 15.9 Å². The van der Waals surface area contributed by atoms with Gasteiger partial charge in [-0.1, -0.05) is 24.3 Å². The molecule has 0 spiro atoms. The van der Waals surface area contributed by atoms with Gasteiger partial charge in [0.05, 0.1) is 5.25 Å². The molecule has 0 aliphatic heterocycles. The third-order valence-corrected chi connectivity index (χ3v) is 4.53. The van der Waals surface area contributed by atoms with E-state index in [1.54, 1.807) is 0 Å². The molecule has 0 unspecified atom stereocenters. The summed E-state index contributed by atoms with van der Waals surface area (Å²) >= 11 is 0. The van der Waals surface area contributed by atoms with E-state index in [9.17, 15) is 17.8 Å². The highest BCUT2D eigenvalue weighted by molar-refractivity contribution is 7.86. The van der Waals surface area contributed by atoms with Gasteiger partial charge in [0, 0.05) is 10.8 Å². The summed E-state index contributed by atoms with van der Waals surface area (Å²) in [4.78, 5) is 11.0. The van der Waals surface area contributed by atoms with Crippen molar-refractivity contribution in [2.45, 2.75) is 5.25 Å². The van der Waals surface area contributed by atoms with Gasteiger partial charge < -0.3 is 5.73 Å². The highest BCUT2D eigenvalue weighted by Crippen LogP contribution is 2.28. The molecule has 0 saturated carbocycles. The van der Waals surface area contributed by atoms with Gasteiger partial charge in [-0.15, -0.1) is 0 Å². The molecular weight excluding hydrogens is 296 g/mol. The molecule has 2 N–H and O–H groups in total. The topological polar surface area (TPSA) is 60.2 Å². The van der Waals surface area contributed by atoms with Crippen LogP contribution >= 0.6 is 0 Å². The summed E-state index contributed by atoms with van der Waals surface area (Å²) in [6.07, 6.45) is 0. The maximum Gasteiger partial charge on any atom is 0.230 e. The van der Waals surface area contributed by atoms with Gasteiger partial charge in [-0.2, -0.15) is 0 Å². The smallest absolute Gasteiger partial charge is 0.230 e. The van der Waals surface area contributed by atoms with Crippen LogP contribution in [0.3, 0.4) is 0 Å². The molecule has 0 radical (unpaired) electrons. The number of hydrogen-bond donors (Lipinski definition) is 1. The zero-order valence-electron chi connectivity index (χ0n) is 11.0. The van der Waals surface area contributed by atoms with Crippen molar-refractivity contribution in [3.05, 3.63) is 71.3 Å². The largest absolute Gasteiger partial charge is 0.369 e. The molecule has 0 heterocycles. The molecule has 1 atom stereocenters. The molecule has 0 bridgehead atoms. The summed E-state index contributed by atoms with van der Waals surface area (Å²) < 4.78 is 38.4. The van der Waals surface area contributed by atoms with Crippen molar-refractivity contribution in [2.24, 2.45) is 5.73 Å². The molecular formula is C15H13F2NO2S. The number of carbonyl (C=O) groups is 1. The molecule has 3 nitrogen and oxygen atoms in total. The minimum Gasteiger partial charge on any atom is -0.369 e. The maximum absolute atomic E-state index is 13.0. The second-order valence-electron chi connectivity index (χ2n) is 4.47. The number of nitrogens with two attached hydrogens (primary N) is 1. The first kappa shape index (κ1) is 15.3. The Labute approximate surface area is 123 Å². The average Bonchev–Trinajstić information content (AvgIpc) is 2.42. The van der Waals surface area contributed by atoms with Gasteiger partial charge in [0.1, 0.15) is 17.4 Å². The van der Waals surface area contributed by atoms with E-state index < -0.39 is 33.6 Å². The van der Waals surface area contributed by atoms with Crippen LogP contribution in [0.2, 0.25) is 0 Å². The minimum atomic E-state index is -1.62. The van der Waals surface area contributed by atoms with Crippen molar-refractivity contribution in [1.82, 2.24) is 0 Å². The lowest BCUT2D eigenvalue weighted by molar-refractivity contribution is -0.115. The molecule has 1 amide bonds. The molecule has 21 heavy (non-hydrogen) atoms. The molecule has 0 aliphatic carbocycles. The normalized spacial score (nSPS) is 12.3. The molecule has 0 aromatic heterocycles. The van der Waals surface area contributed by atoms with Crippen molar-refractivity contribution >= 4 is 16.7 Å². The van der Waals surface area contributed by atoms with Crippen molar-refractivity contribution in [3.8, 4) is 0 Å². The highest BCUT2D eigenvalue weighted by Gasteiger charge is 2.22. The minimum absolute atomic E-state index is 0.320. The Balaban J connectivity index is 2.43. The average molecular weight is 309 g/mol. The SMILES string of the molecule is NC(=O)C[S@@](=O)C(c1ccc(F)cc1)c1ccc(F)cc1. The van der Waals surface area contributed by atoms with Crippen LogP contribution in [-0.2, 0) is 15.6 Å². The molecule has 110 valence electrons. The lowest BCUT2D eigenvalue weighted by Gasteiger charge is -2.17. The quantitative estimate of drug-likeness (QED) is 0.921. The summed E-state index contributed by atoms with van der Waals surface area (Å²) in [6, 6.07) is 10.9. The molecule has 0 fully saturated rings. The first-order valence-corrected chi connectivity index (χ1v) is 7.52. The van der Waals surface area contributed by atoms with Gasteiger partial charge in [-0.25, -0.2) is 8.78 Å². The van der Waals surface area contributed by atoms with E-state index in [0.717, 1.165) is 0 Å². The van der Waals surface area contributed by atoms with Gasteiger partial charge in [0.15, 0.2) is 0 Å². The fourth-order valence-electron chi connectivity index (χ4n) is 1.99. The highest BCUT2D eigenvalue weighted by atomic mass is 32.2.